The zero-order chi connectivity index (χ0) is 73.2. The summed E-state index contributed by atoms with van der Waals surface area (Å²) in [6.45, 7) is 2.26. The predicted molar refractivity (Wildman–Crippen MR) is 385 cm³/mol. The van der Waals surface area contributed by atoms with Crippen molar-refractivity contribution in [3.63, 3.8) is 0 Å². The van der Waals surface area contributed by atoms with Crippen molar-refractivity contribution in [2.75, 3.05) is 26.4 Å². The number of hydrogen-bond acceptors (Lipinski definition) is 20. The second kappa shape index (κ2) is 56.8. The minimum Gasteiger partial charge on any atom is -0.477 e. The second-order valence-electron chi connectivity index (χ2n) is 29.3. The number of nitrogens with one attached hydrogen (secondary N) is 2. The molecule has 3 rings (SSSR count). The summed E-state index contributed by atoms with van der Waals surface area (Å²) >= 11 is 0. The van der Waals surface area contributed by atoms with E-state index in [1.165, 1.54) is 218 Å². The van der Waals surface area contributed by atoms with Crippen molar-refractivity contribution in [2.45, 2.75) is 432 Å². The number of carbonyl (C=O) groups is 3. The van der Waals surface area contributed by atoms with Gasteiger partial charge in [0.1, 0.15) is 67.1 Å². The van der Waals surface area contributed by atoms with Crippen LogP contribution >= 0.6 is 0 Å². The number of aliphatic carboxylic acids is 1. The molecule has 2 amide bonds. The Morgan fingerprint density at radius 3 is 1.35 bits per heavy atom. The Kier molecular flexibility index (Phi) is 52.0. The quantitative estimate of drug-likeness (QED) is 0.0199. The Morgan fingerprint density at radius 2 is 0.930 bits per heavy atom. The first-order chi connectivity index (χ1) is 48.4. The van der Waals surface area contributed by atoms with Gasteiger partial charge in [-0.05, 0) is 38.5 Å². The summed E-state index contributed by atoms with van der Waals surface area (Å²) in [5.41, 5.74) is 0. The van der Waals surface area contributed by atoms with Gasteiger partial charge >= 0.3 is 5.97 Å². The fourth-order valence-electron chi connectivity index (χ4n) is 14.1. The van der Waals surface area contributed by atoms with Gasteiger partial charge < -0.3 is 100 Å². The number of ether oxygens (including phenoxy) is 6. The van der Waals surface area contributed by atoms with E-state index in [4.69, 9.17) is 28.4 Å². The van der Waals surface area contributed by atoms with E-state index in [9.17, 15) is 75.7 Å². The lowest BCUT2D eigenvalue weighted by molar-refractivity contribution is -0.386. The molecule has 14 N–H and O–H groups in total. The molecule has 588 valence electrons. The standard InChI is InChI=1S/C77H144N2O21/c1-4-6-8-10-12-14-16-18-20-22-24-25-26-27-28-29-30-31-33-35-37-39-41-43-45-47-49-51-64(87)79-58(59(84)50-48-46-44-42-40-38-36-34-32-23-21-19-17-15-13-11-9-7-5-2)56-95-74-69(91)68(90)71(63(55-82)97-74)98-75-70(92)73(67(89)62(54-81)96-75)100-77(76(93)94)52-60(85)65(78-57(3)83)72(99-77)66(88)61(86)53-80/h27-28,58-63,65-75,80-82,84-86,88-92H,4-26,29-56H2,1-3H3,(H,78,83)(H,79,87)(H,93,94)/b28-27-. The Labute approximate surface area is 601 Å². The van der Waals surface area contributed by atoms with E-state index in [-0.39, 0.29) is 18.9 Å². The van der Waals surface area contributed by atoms with E-state index in [1.54, 1.807) is 0 Å². The highest BCUT2D eigenvalue weighted by atomic mass is 16.8. The number of hydrogen-bond donors (Lipinski definition) is 14. The molecule has 3 fully saturated rings. The third-order valence-electron chi connectivity index (χ3n) is 20.5. The van der Waals surface area contributed by atoms with Crippen molar-refractivity contribution in [3.05, 3.63) is 12.2 Å². The monoisotopic (exact) mass is 1430 g/mol. The van der Waals surface area contributed by atoms with E-state index >= 15 is 0 Å². The third-order valence-corrected chi connectivity index (χ3v) is 20.5. The molecule has 18 unspecified atom stereocenters. The molecule has 0 bridgehead atoms. The number of aliphatic hydroxyl groups is 11. The van der Waals surface area contributed by atoms with Gasteiger partial charge in [0.05, 0.1) is 50.7 Å². The number of allylic oxidation sites excluding steroid dienone is 2. The van der Waals surface area contributed by atoms with Gasteiger partial charge in [0.25, 0.3) is 5.79 Å². The highest BCUT2D eigenvalue weighted by Crippen LogP contribution is 2.39. The van der Waals surface area contributed by atoms with Gasteiger partial charge in [-0.1, -0.05) is 276 Å². The molecular weight excluding hydrogens is 1290 g/mol. The Bertz CT molecular complexity index is 2050. The molecule has 3 heterocycles. The van der Waals surface area contributed by atoms with E-state index in [1.807, 2.05) is 0 Å². The lowest BCUT2D eigenvalue weighted by atomic mass is 9.88. The molecule has 3 aliphatic rings. The summed E-state index contributed by atoms with van der Waals surface area (Å²) < 4.78 is 35.0. The van der Waals surface area contributed by atoms with Crippen molar-refractivity contribution in [2.24, 2.45) is 0 Å². The van der Waals surface area contributed by atoms with Crippen LogP contribution in [0.4, 0.5) is 0 Å². The summed E-state index contributed by atoms with van der Waals surface area (Å²) in [5.74, 6) is -6.09. The molecule has 0 aromatic rings. The number of aliphatic hydroxyl groups excluding tert-OH is 11. The first-order valence-corrected chi connectivity index (χ1v) is 40.0. The number of rotatable bonds is 63. The van der Waals surface area contributed by atoms with Crippen LogP contribution in [0.15, 0.2) is 12.2 Å². The molecule has 0 aliphatic carbocycles. The van der Waals surface area contributed by atoms with Crippen LogP contribution in [-0.2, 0) is 42.8 Å². The molecule has 23 nitrogen and oxygen atoms in total. The van der Waals surface area contributed by atoms with Crippen LogP contribution in [0.1, 0.15) is 323 Å². The molecule has 0 aromatic carbocycles. The van der Waals surface area contributed by atoms with E-state index in [2.05, 4.69) is 36.6 Å². The van der Waals surface area contributed by atoms with Gasteiger partial charge in [0.2, 0.25) is 11.8 Å². The molecular formula is C77H144N2O21. The first-order valence-electron chi connectivity index (χ1n) is 40.0. The molecule has 0 spiro atoms. The fraction of sp³-hybridized carbons (Fsp3) is 0.935. The number of carboxylic acid groups (broad SMARTS) is 1. The van der Waals surface area contributed by atoms with Crippen LogP contribution in [0.3, 0.4) is 0 Å². The van der Waals surface area contributed by atoms with Gasteiger partial charge in [-0.25, -0.2) is 4.79 Å². The SMILES string of the molecule is CCCCCCCCCCCCCC/C=C\CCCCCCCCCCCCCC(=O)NC(COC1OC(CO)C(OC2OC(CO)C(O)C(OC3(C(=O)O)CC(O)C(NC(C)=O)C(C(O)C(O)CO)O3)C2O)C(O)C1O)C(O)CCCCCCCCCCCCCCCCCCCCC. The summed E-state index contributed by atoms with van der Waals surface area (Å²) in [6, 6.07) is -2.53. The highest BCUT2D eigenvalue weighted by Gasteiger charge is 2.60. The zero-order valence-corrected chi connectivity index (χ0v) is 62.1. The normalized spacial score (nSPS) is 27.0. The minimum absolute atomic E-state index is 0.225. The van der Waals surface area contributed by atoms with Crippen molar-refractivity contribution < 1.29 is 104 Å². The molecule has 23 heteroatoms. The van der Waals surface area contributed by atoms with E-state index in [0.717, 1.165) is 58.3 Å². The predicted octanol–water partition coefficient (Wildman–Crippen LogP) is 10.2. The van der Waals surface area contributed by atoms with Crippen LogP contribution in [0.5, 0.6) is 0 Å². The van der Waals surface area contributed by atoms with Crippen LogP contribution in [-0.4, -0.2) is 215 Å². The topological polar surface area (TPSA) is 373 Å². The zero-order valence-electron chi connectivity index (χ0n) is 62.1. The Balaban J connectivity index is 1.51. The van der Waals surface area contributed by atoms with Crippen LogP contribution in [0, 0.1) is 0 Å². The minimum atomic E-state index is -3.08. The molecule has 0 radical (unpaired) electrons. The summed E-state index contributed by atoms with van der Waals surface area (Å²) in [4.78, 5) is 38.7. The lowest BCUT2D eigenvalue weighted by Gasteiger charge is -2.50. The van der Waals surface area contributed by atoms with Crippen molar-refractivity contribution in [1.29, 1.82) is 0 Å². The smallest absolute Gasteiger partial charge is 0.364 e. The molecule has 0 aromatic heterocycles. The van der Waals surface area contributed by atoms with Gasteiger partial charge in [0, 0.05) is 19.8 Å². The van der Waals surface area contributed by atoms with E-state index < -0.39 is 148 Å². The summed E-state index contributed by atoms with van der Waals surface area (Å²) in [6.07, 6.45) is 30.6. The van der Waals surface area contributed by atoms with Gasteiger partial charge in [-0.3, -0.25) is 9.59 Å². The highest BCUT2D eigenvalue weighted by molar-refractivity contribution is 5.77. The lowest BCUT2D eigenvalue weighted by Crippen LogP contribution is -2.70. The number of amides is 2. The third kappa shape index (κ3) is 37.1. The van der Waals surface area contributed by atoms with Gasteiger partial charge in [-0.2, -0.15) is 0 Å². The van der Waals surface area contributed by atoms with Crippen molar-refractivity contribution in [3.8, 4) is 0 Å². The Hall–Kier alpha value is -2.53. The number of carboxylic acids is 1. The maximum absolute atomic E-state index is 13.6. The number of unbranched alkanes of at least 4 members (excludes halogenated alkanes) is 41. The van der Waals surface area contributed by atoms with Gasteiger partial charge in [-0.15, -0.1) is 0 Å². The molecule has 18 atom stereocenters. The van der Waals surface area contributed by atoms with Crippen LogP contribution in [0.25, 0.3) is 0 Å². The fourth-order valence-corrected chi connectivity index (χ4v) is 14.1. The molecule has 0 saturated carbocycles. The van der Waals surface area contributed by atoms with Crippen LogP contribution in [0.2, 0.25) is 0 Å². The summed E-state index contributed by atoms with van der Waals surface area (Å²) in [5, 5.41) is 137. The Morgan fingerprint density at radius 1 is 0.510 bits per heavy atom. The maximum Gasteiger partial charge on any atom is 0.364 e. The van der Waals surface area contributed by atoms with E-state index in [0.29, 0.717) is 19.3 Å². The first kappa shape index (κ1) is 91.7. The second-order valence-corrected chi connectivity index (χ2v) is 29.3. The number of carbonyl (C=O) groups excluding carboxylic acids is 2. The van der Waals surface area contributed by atoms with Crippen molar-refractivity contribution in [1.82, 2.24) is 10.6 Å². The van der Waals surface area contributed by atoms with Crippen molar-refractivity contribution >= 4 is 17.8 Å². The van der Waals surface area contributed by atoms with Gasteiger partial charge in [0.15, 0.2) is 12.6 Å². The molecule has 100 heavy (non-hydrogen) atoms. The largest absolute Gasteiger partial charge is 0.477 e. The maximum atomic E-state index is 13.6. The average molecular weight is 1430 g/mol. The summed E-state index contributed by atoms with van der Waals surface area (Å²) in [7, 11) is 0. The average Bonchev–Trinajstić information content (AvgIpc) is 0.766. The molecule has 3 aliphatic heterocycles. The van der Waals surface area contributed by atoms with Crippen LogP contribution < -0.4 is 10.6 Å². The molecule has 3 saturated heterocycles.